The summed E-state index contributed by atoms with van der Waals surface area (Å²) < 4.78 is 1.64. The summed E-state index contributed by atoms with van der Waals surface area (Å²) in [5.41, 5.74) is 8.22. The van der Waals surface area contributed by atoms with Crippen molar-refractivity contribution in [1.82, 2.24) is 4.57 Å². The third-order valence-corrected chi connectivity index (χ3v) is 3.37. The van der Waals surface area contributed by atoms with Gasteiger partial charge in [0, 0.05) is 16.4 Å². The van der Waals surface area contributed by atoms with E-state index in [4.69, 9.17) is 22.6 Å². The Kier molecular flexibility index (Phi) is 4.51. The molecule has 0 fully saturated rings. The van der Waals surface area contributed by atoms with E-state index in [0.29, 0.717) is 28.5 Å². The van der Waals surface area contributed by atoms with E-state index in [9.17, 15) is 4.79 Å². The summed E-state index contributed by atoms with van der Waals surface area (Å²) in [6, 6.07) is 10.5. The Hall–Kier alpha value is -2.45. The van der Waals surface area contributed by atoms with Gasteiger partial charge < -0.3 is 15.6 Å². The predicted molar refractivity (Wildman–Crippen MR) is 83.0 cm³/mol. The molecule has 1 aromatic carbocycles. The maximum absolute atomic E-state index is 12.1. The molecule has 0 spiro atoms. The summed E-state index contributed by atoms with van der Waals surface area (Å²) in [6.07, 6.45) is 0.655. The number of nitrogens with two attached hydrogens (primary N) is 1. The van der Waals surface area contributed by atoms with Gasteiger partial charge in [-0.05, 0) is 36.8 Å². The largest absolute Gasteiger partial charge is 0.397 e. The third kappa shape index (κ3) is 3.36. The molecular formula is C15H15ClN4O. The summed E-state index contributed by atoms with van der Waals surface area (Å²) in [7, 11) is 0. The van der Waals surface area contributed by atoms with Gasteiger partial charge in [-0.3, -0.25) is 4.79 Å². The summed E-state index contributed by atoms with van der Waals surface area (Å²) in [5.74, 6) is -0.223. The normalized spacial score (nSPS) is 10.1. The minimum Gasteiger partial charge on any atom is -0.397 e. The SMILES string of the molecule is CCc1c(N)cc(C#N)n1CC(=O)Nc1ccc(Cl)cc1. The molecule has 0 aliphatic heterocycles. The summed E-state index contributed by atoms with van der Waals surface area (Å²) in [5, 5.41) is 12.5. The van der Waals surface area contributed by atoms with Gasteiger partial charge in [0.15, 0.2) is 0 Å². The minimum atomic E-state index is -0.223. The van der Waals surface area contributed by atoms with E-state index in [1.807, 2.05) is 6.92 Å². The molecule has 0 unspecified atom stereocenters. The number of rotatable bonds is 4. The van der Waals surface area contributed by atoms with Gasteiger partial charge in [0.2, 0.25) is 5.91 Å². The lowest BCUT2D eigenvalue weighted by Gasteiger charge is -2.10. The molecule has 0 saturated heterocycles. The maximum atomic E-state index is 12.1. The molecular weight excluding hydrogens is 288 g/mol. The first-order valence-corrected chi connectivity index (χ1v) is 6.86. The van der Waals surface area contributed by atoms with E-state index in [2.05, 4.69) is 11.4 Å². The second-order valence-corrected chi connectivity index (χ2v) is 4.97. The van der Waals surface area contributed by atoms with Gasteiger partial charge in [0.1, 0.15) is 18.3 Å². The van der Waals surface area contributed by atoms with Crippen molar-refractivity contribution in [3.63, 3.8) is 0 Å². The molecule has 0 saturated carbocycles. The molecule has 21 heavy (non-hydrogen) atoms. The number of hydrogen-bond acceptors (Lipinski definition) is 3. The van der Waals surface area contributed by atoms with Gasteiger partial charge in [-0.2, -0.15) is 5.26 Å². The standard InChI is InChI=1S/C15H15ClN4O/c1-2-14-13(18)7-12(8-17)20(14)9-15(21)19-11-5-3-10(16)4-6-11/h3-7H,2,9,18H2,1H3,(H,19,21). The van der Waals surface area contributed by atoms with Crippen LogP contribution in [0.3, 0.4) is 0 Å². The molecule has 0 aliphatic rings. The van der Waals surface area contributed by atoms with E-state index >= 15 is 0 Å². The summed E-state index contributed by atoms with van der Waals surface area (Å²) in [4.78, 5) is 12.1. The first kappa shape index (κ1) is 14.9. The average molecular weight is 303 g/mol. The number of nitrogens with zero attached hydrogens (tertiary/aromatic N) is 2. The van der Waals surface area contributed by atoms with E-state index in [1.54, 1.807) is 34.9 Å². The minimum absolute atomic E-state index is 0.0475. The number of benzene rings is 1. The summed E-state index contributed by atoms with van der Waals surface area (Å²) >= 11 is 5.79. The van der Waals surface area contributed by atoms with Crippen LogP contribution in [-0.4, -0.2) is 10.5 Å². The molecule has 0 aliphatic carbocycles. The Morgan fingerprint density at radius 3 is 2.67 bits per heavy atom. The predicted octanol–water partition coefficient (Wildman–Crippen LogP) is 2.80. The molecule has 0 bridgehead atoms. The third-order valence-electron chi connectivity index (χ3n) is 3.12. The Balaban J connectivity index is 2.16. The molecule has 1 aromatic heterocycles. The number of nitrogen functional groups attached to an aromatic ring is 1. The molecule has 2 aromatic rings. The number of amides is 1. The van der Waals surface area contributed by atoms with E-state index in [-0.39, 0.29) is 12.5 Å². The maximum Gasteiger partial charge on any atom is 0.244 e. The van der Waals surface area contributed by atoms with Crippen LogP contribution in [0.5, 0.6) is 0 Å². The topological polar surface area (TPSA) is 83.8 Å². The van der Waals surface area contributed by atoms with Crippen molar-refractivity contribution in [3.05, 3.63) is 46.7 Å². The number of nitrogens with one attached hydrogen (secondary N) is 1. The van der Waals surface area contributed by atoms with Gasteiger partial charge in [0.05, 0.1) is 5.69 Å². The molecule has 2 rings (SSSR count). The highest BCUT2D eigenvalue weighted by Gasteiger charge is 2.14. The molecule has 0 radical (unpaired) electrons. The van der Waals surface area contributed by atoms with Crippen LogP contribution in [-0.2, 0) is 17.8 Å². The highest BCUT2D eigenvalue weighted by Crippen LogP contribution is 2.19. The zero-order chi connectivity index (χ0) is 15.4. The van der Waals surface area contributed by atoms with Crippen molar-refractivity contribution < 1.29 is 4.79 Å². The summed E-state index contributed by atoms with van der Waals surface area (Å²) in [6.45, 7) is 1.98. The Labute approximate surface area is 127 Å². The van der Waals surface area contributed by atoms with Gasteiger partial charge in [0.25, 0.3) is 0 Å². The number of carbonyl (C=O) groups is 1. The lowest BCUT2D eigenvalue weighted by molar-refractivity contribution is -0.116. The van der Waals surface area contributed by atoms with Gasteiger partial charge in [-0.15, -0.1) is 0 Å². The number of hydrogen-bond donors (Lipinski definition) is 2. The second kappa shape index (κ2) is 6.33. The molecule has 1 heterocycles. The highest BCUT2D eigenvalue weighted by atomic mass is 35.5. The number of halogens is 1. The highest BCUT2D eigenvalue weighted by molar-refractivity contribution is 6.30. The van der Waals surface area contributed by atoms with Crippen molar-refractivity contribution in [3.8, 4) is 6.07 Å². The molecule has 5 nitrogen and oxygen atoms in total. The van der Waals surface area contributed by atoms with Gasteiger partial charge in [-0.25, -0.2) is 0 Å². The van der Waals surface area contributed by atoms with Gasteiger partial charge in [-0.1, -0.05) is 18.5 Å². The van der Waals surface area contributed by atoms with Crippen molar-refractivity contribution in [2.45, 2.75) is 19.9 Å². The van der Waals surface area contributed by atoms with Crippen LogP contribution in [0.1, 0.15) is 18.3 Å². The van der Waals surface area contributed by atoms with Crippen LogP contribution in [0.15, 0.2) is 30.3 Å². The fraction of sp³-hybridized carbons (Fsp3) is 0.200. The van der Waals surface area contributed by atoms with Crippen LogP contribution in [0, 0.1) is 11.3 Å². The number of nitriles is 1. The zero-order valence-electron chi connectivity index (χ0n) is 11.6. The van der Waals surface area contributed by atoms with E-state index < -0.39 is 0 Å². The second-order valence-electron chi connectivity index (χ2n) is 4.54. The van der Waals surface area contributed by atoms with E-state index in [0.717, 1.165) is 5.69 Å². The molecule has 6 heteroatoms. The number of carbonyl (C=O) groups excluding carboxylic acids is 1. The Morgan fingerprint density at radius 1 is 1.43 bits per heavy atom. The van der Waals surface area contributed by atoms with Crippen molar-refractivity contribution in [1.29, 1.82) is 5.26 Å². The first-order chi connectivity index (χ1) is 10.0. The Morgan fingerprint density at radius 2 is 2.10 bits per heavy atom. The van der Waals surface area contributed by atoms with Crippen LogP contribution in [0.25, 0.3) is 0 Å². The molecule has 1 amide bonds. The van der Waals surface area contributed by atoms with Crippen LogP contribution >= 0.6 is 11.6 Å². The number of anilines is 2. The Bertz CT molecular complexity index is 698. The molecule has 3 N–H and O–H groups in total. The van der Waals surface area contributed by atoms with Crippen LogP contribution < -0.4 is 11.1 Å². The fourth-order valence-electron chi connectivity index (χ4n) is 2.16. The first-order valence-electron chi connectivity index (χ1n) is 6.48. The molecule has 0 atom stereocenters. The smallest absolute Gasteiger partial charge is 0.244 e. The van der Waals surface area contributed by atoms with Crippen molar-refractivity contribution in [2.24, 2.45) is 0 Å². The van der Waals surface area contributed by atoms with Gasteiger partial charge >= 0.3 is 0 Å². The van der Waals surface area contributed by atoms with E-state index in [1.165, 1.54) is 0 Å². The monoisotopic (exact) mass is 302 g/mol. The van der Waals surface area contributed by atoms with Crippen molar-refractivity contribution in [2.75, 3.05) is 11.1 Å². The van der Waals surface area contributed by atoms with Crippen LogP contribution in [0.4, 0.5) is 11.4 Å². The van der Waals surface area contributed by atoms with Crippen molar-refractivity contribution >= 4 is 28.9 Å². The lowest BCUT2D eigenvalue weighted by Crippen LogP contribution is -2.21. The average Bonchev–Trinajstić information content (AvgIpc) is 2.76. The quantitative estimate of drug-likeness (QED) is 0.911. The van der Waals surface area contributed by atoms with Crippen LogP contribution in [0.2, 0.25) is 5.02 Å². The fourth-order valence-corrected chi connectivity index (χ4v) is 2.28. The number of aromatic nitrogens is 1. The lowest BCUT2D eigenvalue weighted by atomic mass is 10.3. The molecule has 108 valence electrons. The zero-order valence-corrected chi connectivity index (χ0v) is 12.3.